The molecule has 1 aliphatic carbocycles. The van der Waals surface area contributed by atoms with E-state index >= 15 is 0 Å². The van der Waals surface area contributed by atoms with Gasteiger partial charge in [-0.3, -0.25) is 9.59 Å². The molecule has 1 aromatic carbocycles. The monoisotopic (exact) mass is 340 g/mol. The molecule has 25 heavy (non-hydrogen) atoms. The summed E-state index contributed by atoms with van der Waals surface area (Å²) in [7, 11) is 0. The number of amides is 2. The minimum absolute atomic E-state index is 0.0181. The number of para-hydroxylation sites is 2. The second-order valence-corrected chi connectivity index (χ2v) is 6.65. The van der Waals surface area contributed by atoms with Crippen molar-refractivity contribution in [2.75, 3.05) is 23.0 Å². The van der Waals surface area contributed by atoms with Crippen LogP contribution in [0.15, 0.2) is 47.6 Å². The summed E-state index contributed by atoms with van der Waals surface area (Å²) in [4.78, 5) is 28.7. The van der Waals surface area contributed by atoms with E-state index in [9.17, 15) is 14.7 Å². The predicted molar refractivity (Wildman–Crippen MR) is 98.5 cm³/mol. The van der Waals surface area contributed by atoms with Gasteiger partial charge in [0.05, 0.1) is 24.0 Å². The van der Waals surface area contributed by atoms with Crippen molar-refractivity contribution in [3.63, 3.8) is 0 Å². The molecule has 3 rings (SSSR count). The first-order valence-corrected chi connectivity index (χ1v) is 8.74. The van der Waals surface area contributed by atoms with Crippen molar-refractivity contribution in [2.45, 2.75) is 39.2 Å². The molecule has 2 aliphatic rings. The smallest absolute Gasteiger partial charge is 0.258 e. The van der Waals surface area contributed by atoms with Gasteiger partial charge in [-0.2, -0.15) is 0 Å². The van der Waals surface area contributed by atoms with Crippen LogP contribution in [-0.2, 0) is 9.59 Å². The summed E-state index contributed by atoms with van der Waals surface area (Å²) in [5.41, 5.74) is 3.04. The van der Waals surface area contributed by atoms with E-state index in [1.54, 1.807) is 16.7 Å². The molecule has 0 saturated heterocycles. The fourth-order valence-corrected chi connectivity index (χ4v) is 3.62. The highest BCUT2D eigenvalue weighted by atomic mass is 16.3. The SMILES string of the molecule is CC(=O)N1c2ccccc2N(C(=O)C2=CCCCC(CO)=C2)CC1C. The van der Waals surface area contributed by atoms with Crippen LogP contribution in [0.3, 0.4) is 0 Å². The molecule has 0 saturated carbocycles. The van der Waals surface area contributed by atoms with E-state index in [-0.39, 0.29) is 24.5 Å². The topological polar surface area (TPSA) is 60.9 Å². The molecule has 1 unspecified atom stereocenters. The zero-order valence-electron chi connectivity index (χ0n) is 14.7. The van der Waals surface area contributed by atoms with Gasteiger partial charge in [-0.15, -0.1) is 0 Å². The summed E-state index contributed by atoms with van der Waals surface area (Å²) in [6.45, 7) is 3.94. The zero-order valence-corrected chi connectivity index (χ0v) is 14.7. The number of carbonyl (C=O) groups is 2. The fourth-order valence-electron chi connectivity index (χ4n) is 3.62. The average molecular weight is 340 g/mol. The van der Waals surface area contributed by atoms with Gasteiger partial charge in [0.15, 0.2) is 0 Å². The first-order valence-electron chi connectivity index (χ1n) is 8.74. The molecule has 1 N–H and O–H groups in total. The number of rotatable bonds is 2. The summed E-state index contributed by atoms with van der Waals surface area (Å²) >= 11 is 0. The van der Waals surface area contributed by atoms with E-state index in [0.717, 1.165) is 36.2 Å². The first kappa shape index (κ1) is 17.4. The highest BCUT2D eigenvalue weighted by Gasteiger charge is 2.34. The van der Waals surface area contributed by atoms with E-state index in [4.69, 9.17) is 0 Å². The zero-order chi connectivity index (χ0) is 18.0. The number of nitrogens with zero attached hydrogens (tertiary/aromatic N) is 2. The van der Waals surface area contributed by atoms with Crippen LogP contribution in [0.2, 0.25) is 0 Å². The van der Waals surface area contributed by atoms with E-state index in [0.29, 0.717) is 12.1 Å². The number of hydrogen-bond acceptors (Lipinski definition) is 3. The van der Waals surface area contributed by atoms with Gasteiger partial charge in [0.1, 0.15) is 0 Å². The third-order valence-electron chi connectivity index (χ3n) is 4.78. The molecule has 0 radical (unpaired) electrons. The summed E-state index contributed by atoms with van der Waals surface area (Å²) in [5.74, 6) is -0.0986. The van der Waals surface area contributed by atoms with Gasteiger partial charge in [-0.25, -0.2) is 0 Å². The van der Waals surface area contributed by atoms with Crippen molar-refractivity contribution < 1.29 is 14.7 Å². The molecule has 0 bridgehead atoms. The van der Waals surface area contributed by atoms with Gasteiger partial charge < -0.3 is 14.9 Å². The molecule has 2 amide bonds. The summed E-state index contributed by atoms with van der Waals surface area (Å²) in [6, 6.07) is 7.42. The minimum Gasteiger partial charge on any atom is -0.392 e. The lowest BCUT2D eigenvalue weighted by Crippen LogP contribution is -2.51. The Morgan fingerprint density at radius 2 is 1.96 bits per heavy atom. The quantitative estimate of drug-likeness (QED) is 0.900. The molecule has 1 heterocycles. The third kappa shape index (κ3) is 3.37. The van der Waals surface area contributed by atoms with Crippen molar-refractivity contribution in [1.82, 2.24) is 0 Å². The van der Waals surface area contributed by atoms with Crippen molar-refractivity contribution in [3.8, 4) is 0 Å². The van der Waals surface area contributed by atoms with Crippen molar-refractivity contribution in [3.05, 3.63) is 47.6 Å². The Bertz CT molecular complexity index is 751. The van der Waals surface area contributed by atoms with Crippen LogP contribution in [0, 0.1) is 0 Å². The normalized spacial score (nSPS) is 20.4. The first-order chi connectivity index (χ1) is 12.0. The minimum atomic E-state index is -0.0935. The maximum absolute atomic E-state index is 13.2. The Morgan fingerprint density at radius 1 is 1.24 bits per heavy atom. The van der Waals surface area contributed by atoms with Crippen LogP contribution >= 0.6 is 0 Å². The number of aliphatic hydroxyl groups is 1. The number of allylic oxidation sites excluding steroid dienone is 1. The lowest BCUT2D eigenvalue weighted by molar-refractivity contribution is -0.118. The molecule has 0 spiro atoms. The van der Waals surface area contributed by atoms with Gasteiger partial charge in [0.2, 0.25) is 5.91 Å². The lowest BCUT2D eigenvalue weighted by atomic mass is 10.0. The van der Waals surface area contributed by atoms with Gasteiger partial charge in [0, 0.05) is 19.0 Å². The molecule has 1 atom stereocenters. The Labute approximate surface area is 148 Å². The standard InChI is InChI=1S/C20H24N2O3/c1-14-12-21(18-9-5-6-10-19(18)22(14)15(2)24)20(25)17-8-4-3-7-16(11-17)13-23/h5-6,8-11,14,23H,3-4,7,12-13H2,1-2H3. The predicted octanol–water partition coefficient (Wildman–Crippen LogP) is 2.80. The van der Waals surface area contributed by atoms with Crippen LogP contribution in [-0.4, -0.2) is 36.1 Å². The molecule has 5 heteroatoms. The Morgan fingerprint density at radius 3 is 2.64 bits per heavy atom. The number of aliphatic hydroxyl groups excluding tert-OH is 1. The number of fused-ring (bicyclic) bond motifs is 1. The van der Waals surface area contributed by atoms with Crippen LogP contribution in [0.1, 0.15) is 33.1 Å². The molecule has 0 aromatic heterocycles. The van der Waals surface area contributed by atoms with Crippen molar-refractivity contribution in [2.24, 2.45) is 0 Å². The van der Waals surface area contributed by atoms with Gasteiger partial charge in [-0.05, 0) is 50.0 Å². The van der Waals surface area contributed by atoms with E-state index in [1.165, 1.54) is 0 Å². The lowest BCUT2D eigenvalue weighted by Gasteiger charge is -2.40. The summed E-state index contributed by atoms with van der Waals surface area (Å²) < 4.78 is 0. The molecular formula is C20H24N2O3. The third-order valence-corrected chi connectivity index (χ3v) is 4.78. The van der Waals surface area contributed by atoms with Crippen molar-refractivity contribution in [1.29, 1.82) is 0 Å². The fraction of sp³-hybridized carbons (Fsp3) is 0.400. The summed E-state index contributed by atoms with van der Waals surface area (Å²) in [5, 5.41) is 9.46. The maximum Gasteiger partial charge on any atom is 0.258 e. The number of hydrogen-bond donors (Lipinski definition) is 1. The Hall–Kier alpha value is -2.40. The molecular weight excluding hydrogens is 316 g/mol. The van der Waals surface area contributed by atoms with Crippen LogP contribution in [0.5, 0.6) is 0 Å². The number of anilines is 2. The molecule has 1 aromatic rings. The van der Waals surface area contributed by atoms with Gasteiger partial charge >= 0.3 is 0 Å². The second-order valence-electron chi connectivity index (χ2n) is 6.65. The average Bonchev–Trinajstić information content (AvgIpc) is 2.85. The Kier molecular flexibility index (Phi) is 5.04. The molecule has 0 fully saturated rings. The molecule has 5 nitrogen and oxygen atoms in total. The van der Waals surface area contributed by atoms with E-state index in [1.807, 2.05) is 43.3 Å². The number of benzene rings is 1. The van der Waals surface area contributed by atoms with E-state index < -0.39 is 0 Å². The van der Waals surface area contributed by atoms with Crippen molar-refractivity contribution >= 4 is 23.2 Å². The highest BCUT2D eigenvalue weighted by molar-refractivity contribution is 6.11. The highest BCUT2D eigenvalue weighted by Crippen LogP contribution is 2.36. The largest absolute Gasteiger partial charge is 0.392 e. The Balaban J connectivity index is 1.99. The van der Waals surface area contributed by atoms with Gasteiger partial charge in [0.25, 0.3) is 5.91 Å². The number of carbonyl (C=O) groups excluding carboxylic acids is 2. The summed E-state index contributed by atoms with van der Waals surface area (Å²) in [6.07, 6.45) is 6.35. The van der Waals surface area contributed by atoms with Gasteiger partial charge in [-0.1, -0.05) is 18.2 Å². The molecule has 1 aliphatic heterocycles. The maximum atomic E-state index is 13.2. The van der Waals surface area contributed by atoms with E-state index in [2.05, 4.69) is 0 Å². The van der Waals surface area contributed by atoms with Crippen LogP contribution < -0.4 is 9.80 Å². The molecule has 132 valence electrons. The van der Waals surface area contributed by atoms with Crippen LogP contribution in [0.25, 0.3) is 0 Å². The van der Waals surface area contributed by atoms with Crippen LogP contribution in [0.4, 0.5) is 11.4 Å². The second kappa shape index (κ2) is 7.23.